The fourth-order valence-corrected chi connectivity index (χ4v) is 3.08. The highest BCUT2D eigenvalue weighted by Crippen LogP contribution is 2.36. The van der Waals surface area contributed by atoms with Gasteiger partial charge >= 0.3 is 5.97 Å². The van der Waals surface area contributed by atoms with Gasteiger partial charge in [-0.15, -0.1) is 0 Å². The number of amides is 1. The molecule has 0 saturated heterocycles. The van der Waals surface area contributed by atoms with Gasteiger partial charge in [-0.25, -0.2) is 4.39 Å². The van der Waals surface area contributed by atoms with Gasteiger partial charge in [-0.3, -0.25) is 9.59 Å². The fourth-order valence-electron chi connectivity index (χ4n) is 3.08. The molecule has 0 radical (unpaired) electrons. The topological polar surface area (TPSA) is 75.6 Å². The number of carbonyl (C=O) groups excluding carboxylic acids is 1. The number of aliphatic carboxylic acids is 1. The Balaban J connectivity index is 1.99. The molecule has 1 fully saturated rings. The molecular weight excluding hydrogens is 301 g/mol. The number of rotatable bonds is 6. The first-order valence-electron chi connectivity index (χ1n) is 7.79. The summed E-state index contributed by atoms with van der Waals surface area (Å²) in [6.45, 7) is 0.110. The average Bonchev–Trinajstić information content (AvgIpc) is 2.54. The van der Waals surface area contributed by atoms with Crippen LogP contribution >= 0.6 is 0 Å². The second kappa shape index (κ2) is 7.44. The molecular formula is C17H22FNO4. The lowest BCUT2D eigenvalue weighted by Gasteiger charge is -2.33. The number of hydrogen-bond donors (Lipinski definition) is 2. The first kappa shape index (κ1) is 17.2. The van der Waals surface area contributed by atoms with Gasteiger partial charge < -0.3 is 15.2 Å². The molecule has 1 saturated carbocycles. The lowest BCUT2D eigenvalue weighted by Crippen LogP contribution is -2.44. The second-order valence-corrected chi connectivity index (χ2v) is 6.06. The number of hydrogen-bond acceptors (Lipinski definition) is 3. The van der Waals surface area contributed by atoms with E-state index in [1.807, 2.05) is 0 Å². The molecule has 1 aromatic rings. The Morgan fingerprint density at radius 3 is 2.61 bits per heavy atom. The third kappa shape index (κ3) is 4.21. The molecule has 1 aromatic carbocycles. The van der Waals surface area contributed by atoms with E-state index in [4.69, 9.17) is 4.74 Å². The first-order valence-corrected chi connectivity index (χ1v) is 7.79. The Morgan fingerprint density at radius 1 is 1.30 bits per heavy atom. The molecule has 0 heterocycles. The molecule has 0 spiro atoms. The van der Waals surface area contributed by atoms with Crippen LogP contribution in [0.1, 0.15) is 37.7 Å². The average molecular weight is 323 g/mol. The molecule has 2 rings (SSSR count). The Labute approximate surface area is 134 Å². The molecule has 5 nitrogen and oxygen atoms in total. The summed E-state index contributed by atoms with van der Waals surface area (Å²) in [5.41, 5.74) is -0.432. The maximum absolute atomic E-state index is 13.3. The highest BCUT2D eigenvalue weighted by molar-refractivity contribution is 5.81. The van der Waals surface area contributed by atoms with Crippen LogP contribution in [0.2, 0.25) is 0 Å². The van der Waals surface area contributed by atoms with Crippen molar-refractivity contribution in [2.45, 2.75) is 38.5 Å². The zero-order valence-electron chi connectivity index (χ0n) is 13.2. The number of halogens is 1. The third-order valence-corrected chi connectivity index (χ3v) is 4.48. The minimum absolute atomic E-state index is 0.0450. The molecule has 1 amide bonds. The van der Waals surface area contributed by atoms with E-state index in [0.717, 1.165) is 19.3 Å². The summed E-state index contributed by atoms with van der Waals surface area (Å²) in [6, 6.07) is 3.99. The van der Waals surface area contributed by atoms with Crippen LogP contribution in [0.4, 0.5) is 4.39 Å². The number of carboxylic acids is 1. The van der Waals surface area contributed by atoms with Crippen LogP contribution in [0.25, 0.3) is 0 Å². The number of carbonyl (C=O) groups is 2. The predicted octanol–water partition coefficient (Wildman–Crippen LogP) is 2.53. The third-order valence-electron chi connectivity index (χ3n) is 4.48. The highest BCUT2D eigenvalue weighted by atomic mass is 19.1. The molecule has 0 bridgehead atoms. The number of nitrogens with one attached hydrogen (secondary N) is 1. The monoisotopic (exact) mass is 323 g/mol. The lowest BCUT2D eigenvalue weighted by atomic mass is 9.74. The van der Waals surface area contributed by atoms with Crippen molar-refractivity contribution in [2.24, 2.45) is 5.41 Å². The fraction of sp³-hybridized carbons (Fsp3) is 0.529. The minimum atomic E-state index is -0.875. The van der Waals surface area contributed by atoms with Crippen molar-refractivity contribution < 1.29 is 23.8 Å². The van der Waals surface area contributed by atoms with Gasteiger partial charge in [0.2, 0.25) is 5.91 Å². The molecule has 0 atom stereocenters. The van der Waals surface area contributed by atoms with Gasteiger partial charge in [0, 0.05) is 12.1 Å². The van der Waals surface area contributed by atoms with Crippen molar-refractivity contribution in [2.75, 3.05) is 13.7 Å². The van der Waals surface area contributed by atoms with Crippen molar-refractivity contribution in [1.82, 2.24) is 5.32 Å². The summed E-state index contributed by atoms with van der Waals surface area (Å²) < 4.78 is 18.4. The second-order valence-electron chi connectivity index (χ2n) is 6.06. The lowest BCUT2D eigenvalue weighted by molar-refractivity contribution is -0.151. The van der Waals surface area contributed by atoms with Crippen molar-refractivity contribution in [3.8, 4) is 5.75 Å². The molecule has 0 unspecified atom stereocenters. The number of benzene rings is 1. The summed E-state index contributed by atoms with van der Waals surface area (Å²) >= 11 is 0. The Morgan fingerprint density at radius 2 is 2.00 bits per heavy atom. The van der Waals surface area contributed by atoms with E-state index in [2.05, 4.69) is 5.32 Å². The molecule has 0 aliphatic heterocycles. The van der Waals surface area contributed by atoms with Gasteiger partial charge in [-0.2, -0.15) is 0 Å². The van der Waals surface area contributed by atoms with Crippen molar-refractivity contribution >= 4 is 11.9 Å². The van der Waals surface area contributed by atoms with Gasteiger partial charge in [0.1, 0.15) is 11.6 Å². The van der Waals surface area contributed by atoms with Crippen LogP contribution < -0.4 is 10.1 Å². The van der Waals surface area contributed by atoms with Crippen molar-refractivity contribution in [3.05, 3.63) is 29.6 Å². The summed E-state index contributed by atoms with van der Waals surface area (Å²) in [4.78, 5) is 23.7. The van der Waals surface area contributed by atoms with Gasteiger partial charge in [-0.05, 0) is 31.0 Å². The van der Waals surface area contributed by atoms with Gasteiger partial charge in [0.15, 0.2) is 0 Å². The minimum Gasteiger partial charge on any atom is -0.496 e. The maximum Gasteiger partial charge on any atom is 0.311 e. The maximum atomic E-state index is 13.3. The van der Waals surface area contributed by atoms with Crippen LogP contribution in [0, 0.1) is 11.2 Å². The van der Waals surface area contributed by atoms with E-state index in [0.29, 0.717) is 24.2 Å². The SMILES string of the molecule is COc1ccc(F)cc1CC(=O)NCC1(C(=O)O)CCCCC1. The number of ether oxygens (including phenoxy) is 1. The summed E-state index contributed by atoms with van der Waals surface area (Å²) in [6.07, 6.45) is 3.86. The molecule has 0 aromatic heterocycles. The largest absolute Gasteiger partial charge is 0.496 e. The molecule has 23 heavy (non-hydrogen) atoms. The quantitative estimate of drug-likeness (QED) is 0.843. The summed E-state index contributed by atoms with van der Waals surface area (Å²) in [5, 5.41) is 12.2. The van der Waals surface area contributed by atoms with Crippen LogP contribution in [0.15, 0.2) is 18.2 Å². The Bertz CT molecular complexity index is 582. The van der Waals surface area contributed by atoms with Crippen molar-refractivity contribution in [3.63, 3.8) is 0 Å². The molecule has 1 aliphatic carbocycles. The summed E-state index contributed by atoms with van der Waals surface area (Å²) in [5.74, 6) is -1.20. The van der Waals surface area contributed by atoms with Crippen LogP contribution in [-0.4, -0.2) is 30.6 Å². The summed E-state index contributed by atoms with van der Waals surface area (Å²) in [7, 11) is 1.45. The van der Waals surface area contributed by atoms with E-state index in [1.165, 1.54) is 25.3 Å². The number of methoxy groups -OCH3 is 1. The molecule has 2 N–H and O–H groups in total. The zero-order valence-corrected chi connectivity index (χ0v) is 13.2. The predicted molar refractivity (Wildman–Crippen MR) is 82.8 cm³/mol. The first-order chi connectivity index (χ1) is 11.0. The Hall–Kier alpha value is -2.11. The molecule has 6 heteroatoms. The van der Waals surface area contributed by atoms with Crippen LogP contribution in [-0.2, 0) is 16.0 Å². The van der Waals surface area contributed by atoms with Gasteiger partial charge in [0.05, 0.1) is 18.9 Å². The Kier molecular flexibility index (Phi) is 5.58. The standard InChI is InChI=1S/C17H22FNO4/c1-23-14-6-5-13(18)9-12(14)10-15(20)19-11-17(16(21)22)7-3-2-4-8-17/h5-6,9H,2-4,7-8,10-11H2,1H3,(H,19,20)(H,21,22). The highest BCUT2D eigenvalue weighted by Gasteiger charge is 2.39. The van der Waals surface area contributed by atoms with Crippen LogP contribution in [0.5, 0.6) is 5.75 Å². The van der Waals surface area contributed by atoms with Gasteiger partial charge in [0.25, 0.3) is 0 Å². The van der Waals surface area contributed by atoms with E-state index in [1.54, 1.807) is 0 Å². The van der Waals surface area contributed by atoms with E-state index >= 15 is 0 Å². The normalized spacial score (nSPS) is 16.6. The van der Waals surface area contributed by atoms with Crippen molar-refractivity contribution in [1.29, 1.82) is 0 Å². The van der Waals surface area contributed by atoms with Gasteiger partial charge in [-0.1, -0.05) is 19.3 Å². The molecule has 1 aliphatic rings. The number of carboxylic acid groups (broad SMARTS) is 1. The zero-order chi connectivity index (χ0) is 16.9. The van der Waals surface area contributed by atoms with Crippen LogP contribution in [0.3, 0.4) is 0 Å². The molecule has 126 valence electrons. The van der Waals surface area contributed by atoms with E-state index in [9.17, 15) is 19.1 Å². The van der Waals surface area contributed by atoms with E-state index in [-0.39, 0.29) is 18.9 Å². The van der Waals surface area contributed by atoms with E-state index < -0.39 is 17.2 Å². The smallest absolute Gasteiger partial charge is 0.311 e.